The second-order valence-corrected chi connectivity index (χ2v) is 4.44. The number of benzene rings is 1. The number of hydrogen-bond acceptors (Lipinski definition) is 3. The summed E-state index contributed by atoms with van der Waals surface area (Å²) in [7, 11) is 1.89. The van der Waals surface area contributed by atoms with E-state index in [0.717, 1.165) is 27.5 Å². The van der Waals surface area contributed by atoms with Crippen LogP contribution in [0.25, 0.3) is 21.9 Å². The summed E-state index contributed by atoms with van der Waals surface area (Å²) in [5, 5.41) is 1.60. The maximum absolute atomic E-state index is 6.34. The Morgan fingerprint density at radius 2 is 2.12 bits per heavy atom. The van der Waals surface area contributed by atoms with Crippen molar-refractivity contribution in [3.63, 3.8) is 0 Å². The molecule has 0 bridgehead atoms. The summed E-state index contributed by atoms with van der Waals surface area (Å²) in [4.78, 5) is 8.69. The molecule has 5 heteroatoms. The van der Waals surface area contributed by atoms with E-state index in [1.807, 2.05) is 30.7 Å². The molecule has 0 aliphatic rings. The average molecular weight is 247 g/mol. The first kappa shape index (κ1) is 10.4. The van der Waals surface area contributed by atoms with Gasteiger partial charge < -0.3 is 10.3 Å². The van der Waals surface area contributed by atoms with Gasteiger partial charge in [0.2, 0.25) is 5.95 Å². The van der Waals surface area contributed by atoms with Gasteiger partial charge in [-0.15, -0.1) is 0 Å². The first-order chi connectivity index (χ1) is 8.11. The minimum Gasteiger partial charge on any atom is -0.369 e. The van der Waals surface area contributed by atoms with Crippen LogP contribution < -0.4 is 5.73 Å². The zero-order valence-electron chi connectivity index (χ0n) is 9.53. The number of nitrogens with two attached hydrogens (primary N) is 1. The van der Waals surface area contributed by atoms with Crippen molar-refractivity contribution in [2.45, 2.75) is 6.92 Å². The summed E-state index contributed by atoms with van der Waals surface area (Å²) in [6.45, 7) is 1.96. The van der Waals surface area contributed by atoms with E-state index < -0.39 is 0 Å². The normalized spacial score (nSPS) is 11.5. The van der Waals surface area contributed by atoms with Gasteiger partial charge in [0.15, 0.2) is 0 Å². The molecule has 0 amide bonds. The molecular formula is C12H11ClN4. The highest BCUT2D eigenvalue weighted by atomic mass is 35.5. The molecule has 4 nitrogen and oxygen atoms in total. The zero-order chi connectivity index (χ0) is 12.2. The number of aryl methyl sites for hydroxylation is 2. The maximum Gasteiger partial charge on any atom is 0.200 e. The third kappa shape index (κ3) is 1.24. The number of nitrogens with zero attached hydrogens (tertiary/aromatic N) is 3. The molecule has 0 radical (unpaired) electrons. The quantitative estimate of drug-likeness (QED) is 0.664. The number of hydrogen-bond donors (Lipinski definition) is 1. The third-order valence-corrected chi connectivity index (χ3v) is 3.55. The van der Waals surface area contributed by atoms with Gasteiger partial charge in [0.25, 0.3) is 0 Å². The Morgan fingerprint density at radius 3 is 2.88 bits per heavy atom. The summed E-state index contributed by atoms with van der Waals surface area (Å²) in [6, 6.07) is 3.83. The van der Waals surface area contributed by atoms with Crippen molar-refractivity contribution in [3.8, 4) is 0 Å². The number of fused-ring (bicyclic) bond motifs is 3. The summed E-state index contributed by atoms with van der Waals surface area (Å²) < 4.78 is 1.85. The van der Waals surface area contributed by atoms with Crippen molar-refractivity contribution in [2.24, 2.45) is 7.05 Å². The fourth-order valence-corrected chi connectivity index (χ4v) is 2.43. The van der Waals surface area contributed by atoms with E-state index in [1.165, 1.54) is 0 Å². The lowest BCUT2D eigenvalue weighted by Gasteiger charge is -2.06. The van der Waals surface area contributed by atoms with E-state index in [9.17, 15) is 0 Å². The van der Waals surface area contributed by atoms with Gasteiger partial charge in [0.1, 0.15) is 5.52 Å². The minimum absolute atomic E-state index is 0.482. The van der Waals surface area contributed by atoms with Gasteiger partial charge in [-0.25, -0.2) is 4.98 Å². The molecule has 3 rings (SSSR count). The molecule has 0 atom stereocenters. The molecule has 0 saturated heterocycles. The summed E-state index contributed by atoms with van der Waals surface area (Å²) >= 11 is 6.34. The van der Waals surface area contributed by atoms with Crippen LogP contribution in [0.1, 0.15) is 5.56 Å². The van der Waals surface area contributed by atoms with Gasteiger partial charge in [0.05, 0.1) is 16.1 Å². The smallest absolute Gasteiger partial charge is 0.200 e. The second kappa shape index (κ2) is 3.34. The van der Waals surface area contributed by atoms with E-state index in [1.54, 1.807) is 6.20 Å². The Hall–Kier alpha value is -1.81. The first-order valence-corrected chi connectivity index (χ1v) is 5.63. The second-order valence-electron chi connectivity index (χ2n) is 4.06. The molecule has 2 aromatic heterocycles. The molecule has 0 aliphatic carbocycles. The predicted molar refractivity (Wildman–Crippen MR) is 70.2 cm³/mol. The van der Waals surface area contributed by atoms with Crippen LogP contribution in [-0.4, -0.2) is 14.5 Å². The Balaban J connectivity index is 2.70. The van der Waals surface area contributed by atoms with Crippen molar-refractivity contribution >= 4 is 39.5 Å². The van der Waals surface area contributed by atoms with Gasteiger partial charge in [-0.1, -0.05) is 11.6 Å². The molecule has 0 aliphatic heterocycles. The van der Waals surface area contributed by atoms with Gasteiger partial charge in [-0.05, 0) is 24.6 Å². The van der Waals surface area contributed by atoms with E-state index in [-0.39, 0.29) is 0 Å². The number of halogens is 1. The number of pyridine rings is 1. The number of nitrogen functional groups attached to an aromatic ring is 1. The number of imidazole rings is 1. The molecule has 2 heterocycles. The van der Waals surface area contributed by atoms with Crippen LogP contribution in [0, 0.1) is 6.92 Å². The van der Waals surface area contributed by atoms with Crippen LogP contribution in [0.2, 0.25) is 5.02 Å². The van der Waals surface area contributed by atoms with E-state index in [4.69, 9.17) is 17.3 Å². The fourth-order valence-electron chi connectivity index (χ4n) is 2.19. The lowest BCUT2D eigenvalue weighted by Crippen LogP contribution is -1.97. The largest absolute Gasteiger partial charge is 0.369 e. The lowest BCUT2D eigenvalue weighted by atomic mass is 10.1. The van der Waals surface area contributed by atoms with Gasteiger partial charge in [-0.2, -0.15) is 0 Å². The highest BCUT2D eigenvalue weighted by Crippen LogP contribution is 2.34. The monoisotopic (exact) mass is 246 g/mol. The van der Waals surface area contributed by atoms with E-state index in [2.05, 4.69) is 9.97 Å². The molecule has 3 aromatic rings. The zero-order valence-corrected chi connectivity index (χ0v) is 10.3. The predicted octanol–water partition coefficient (Wildman–Crippen LogP) is 2.67. The van der Waals surface area contributed by atoms with Crippen molar-refractivity contribution in [2.75, 3.05) is 5.73 Å². The highest BCUT2D eigenvalue weighted by Gasteiger charge is 2.16. The van der Waals surface area contributed by atoms with Gasteiger partial charge in [-0.3, -0.25) is 4.98 Å². The lowest BCUT2D eigenvalue weighted by molar-refractivity contribution is 0.961. The Morgan fingerprint density at radius 1 is 1.35 bits per heavy atom. The van der Waals surface area contributed by atoms with Gasteiger partial charge >= 0.3 is 0 Å². The standard InChI is InChI=1S/C12H11ClN4/c1-6-8(13)9-7(4-3-5-15-9)10-11(6)17(2)12(14)16-10/h3-5H,1-2H3,(H2,14,16). The molecule has 0 unspecified atom stereocenters. The topological polar surface area (TPSA) is 56.7 Å². The van der Waals surface area contributed by atoms with Crippen molar-refractivity contribution in [1.82, 2.24) is 14.5 Å². The summed E-state index contributed by atoms with van der Waals surface area (Å²) in [6.07, 6.45) is 1.73. The Bertz CT molecular complexity index is 745. The summed E-state index contributed by atoms with van der Waals surface area (Å²) in [5.41, 5.74) is 9.41. The Labute approximate surface area is 103 Å². The molecule has 1 aromatic carbocycles. The molecule has 0 fully saturated rings. The van der Waals surface area contributed by atoms with E-state index >= 15 is 0 Å². The fraction of sp³-hybridized carbons (Fsp3) is 0.167. The van der Waals surface area contributed by atoms with E-state index in [0.29, 0.717) is 11.0 Å². The van der Waals surface area contributed by atoms with Gasteiger partial charge in [0, 0.05) is 18.6 Å². The van der Waals surface area contributed by atoms with Crippen LogP contribution in [0.15, 0.2) is 18.3 Å². The average Bonchev–Trinajstić information content (AvgIpc) is 2.63. The molecule has 86 valence electrons. The first-order valence-electron chi connectivity index (χ1n) is 5.26. The number of anilines is 1. The van der Waals surface area contributed by atoms with Crippen molar-refractivity contribution in [3.05, 3.63) is 28.9 Å². The molecule has 2 N–H and O–H groups in total. The molecule has 17 heavy (non-hydrogen) atoms. The van der Waals surface area contributed by atoms with Crippen LogP contribution in [0.3, 0.4) is 0 Å². The molecular weight excluding hydrogens is 236 g/mol. The summed E-state index contributed by atoms with van der Waals surface area (Å²) in [5.74, 6) is 0.482. The Kier molecular flexibility index (Phi) is 2.03. The third-order valence-electron chi connectivity index (χ3n) is 3.08. The SMILES string of the molecule is Cc1c(Cl)c2ncccc2c2nc(N)n(C)c12. The van der Waals surface area contributed by atoms with Crippen molar-refractivity contribution in [1.29, 1.82) is 0 Å². The minimum atomic E-state index is 0.482. The van der Waals surface area contributed by atoms with Crippen LogP contribution in [0.5, 0.6) is 0 Å². The number of aromatic nitrogens is 3. The molecule has 0 saturated carbocycles. The molecule has 0 spiro atoms. The van der Waals surface area contributed by atoms with Crippen LogP contribution in [-0.2, 0) is 7.05 Å². The number of rotatable bonds is 0. The highest BCUT2D eigenvalue weighted by molar-refractivity contribution is 6.37. The maximum atomic E-state index is 6.34. The van der Waals surface area contributed by atoms with Crippen LogP contribution >= 0.6 is 11.6 Å². The van der Waals surface area contributed by atoms with Crippen molar-refractivity contribution < 1.29 is 0 Å². The van der Waals surface area contributed by atoms with Crippen LogP contribution in [0.4, 0.5) is 5.95 Å².